The minimum Gasteiger partial charge on any atom is -0.389 e. The summed E-state index contributed by atoms with van der Waals surface area (Å²) in [6.07, 6.45) is 1.21. The summed E-state index contributed by atoms with van der Waals surface area (Å²) in [7, 11) is 1.96. The summed E-state index contributed by atoms with van der Waals surface area (Å²) in [5.41, 5.74) is 2.82. The minimum atomic E-state index is -0.531. The number of nitrogens with zero attached hydrogens (tertiary/aromatic N) is 3. The summed E-state index contributed by atoms with van der Waals surface area (Å²) in [4.78, 5) is 10.8. The SMILES string of the molecule is Cc1cccc(CN(C)c2ncccc2[C@H](C)O)n1. The van der Waals surface area contributed by atoms with Gasteiger partial charge in [-0.3, -0.25) is 4.98 Å². The van der Waals surface area contributed by atoms with E-state index in [0.29, 0.717) is 6.54 Å². The van der Waals surface area contributed by atoms with Crippen molar-refractivity contribution < 1.29 is 5.11 Å². The number of aromatic nitrogens is 2. The maximum Gasteiger partial charge on any atom is 0.134 e. The highest BCUT2D eigenvalue weighted by molar-refractivity contribution is 5.47. The van der Waals surface area contributed by atoms with Crippen LogP contribution in [0.4, 0.5) is 5.82 Å². The first-order chi connectivity index (χ1) is 9.08. The molecular weight excluding hydrogens is 238 g/mol. The van der Waals surface area contributed by atoms with Gasteiger partial charge in [0.25, 0.3) is 0 Å². The third-order valence-electron chi connectivity index (χ3n) is 2.97. The molecule has 0 saturated carbocycles. The number of aryl methyl sites for hydroxylation is 1. The average Bonchev–Trinajstić information content (AvgIpc) is 2.38. The van der Waals surface area contributed by atoms with Crippen molar-refractivity contribution >= 4 is 5.82 Å². The fourth-order valence-electron chi connectivity index (χ4n) is 2.06. The van der Waals surface area contributed by atoms with Crippen LogP contribution in [0.3, 0.4) is 0 Å². The molecule has 0 fully saturated rings. The largest absolute Gasteiger partial charge is 0.389 e. The van der Waals surface area contributed by atoms with Crippen LogP contribution in [0.5, 0.6) is 0 Å². The van der Waals surface area contributed by atoms with Crippen LogP contribution in [-0.4, -0.2) is 22.1 Å². The molecule has 0 unspecified atom stereocenters. The van der Waals surface area contributed by atoms with Gasteiger partial charge in [0.05, 0.1) is 18.3 Å². The van der Waals surface area contributed by atoms with E-state index in [1.54, 1.807) is 13.1 Å². The van der Waals surface area contributed by atoms with E-state index in [1.807, 2.05) is 49.2 Å². The highest BCUT2D eigenvalue weighted by Gasteiger charge is 2.13. The van der Waals surface area contributed by atoms with Crippen molar-refractivity contribution in [2.45, 2.75) is 26.5 Å². The quantitative estimate of drug-likeness (QED) is 0.914. The van der Waals surface area contributed by atoms with Crippen molar-refractivity contribution in [3.8, 4) is 0 Å². The number of aliphatic hydroxyl groups excluding tert-OH is 1. The molecule has 2 rings (SSSR count). The second-order valence-corrected chi connectivity index (χ2v) is 4.72. The number of rotatable bonds is 4. The topological polar surface area (TPSA) is 49.2 Å². The summed E-state index contributed by atoms with van der Waals surface area (Å²) in [5, 5.41) is 9.78. The molecule has 0 aliphatic carbocycles. The van der Waals surface area contributed by atoms with Crippen molar-refractivity contribution in [3.63, 3.8) is 0 Å². The summed E-state index contributed by atoms with van der Waals surface area (Å²) in [6.45, 7) is 4.39. The number of hydrogen-bond acceptors (Lipinski definition) is 4. The Labute approximate surface area is 113 Å². The molecule has 0 aliphatic heterocycles. The molecule has 1 atom stereocenters. The highest BCUT2D eigenvalue weighted by atomic mass is 16.3. The molecule has 2 aromatic rings. The first-order valence-corrected chi connectivity index (χ1v) is 6.34. The number of hydrogen-bond donors (Lipinski definition) is 1. The van der Waals surface area contributed by atoms with Gasteiger partial charge < -0.3 is 10.0 Å². The zero-order valence-electron chi connectivity index (χ0n) is 11.5. The van der Waals surface area contributed by atoms with E-state index in [9.17, 15) is 5.11 Å². The van der Waals surface area contributed by atoms with Gasteiger partial charge in [-0.25, -0.2) is 4.98 Å². The van der Waals surface area contributed by atoms with Gasteiger partial charge >= 0.3 is 0 Å². The Kier molecular flexibility index (Phi) is 4.12. The molecule has 100 valence electrons. The molecule has 0 aliphatic rings. The normalized spacial score (nSPS) is 12.2. The van der Waals surface area contributed by atoms with Gasteiger partial charge in [0, 0.05) is 24.5 Å². The maximum absolute atomic E-state index is 9.78. The van der Waals surface area contributed by atoms with E-state index in [0.717, 1.165) is 22.8 Å². The summed E-state index contributed by atoms with van der Waals surface area (Å²) in [5.74, 6) is 0.792. The first kappa shape index (κ1) is 13.5. The molecule has 4 nitrogen and oxygen atoms in total. The molecule has 0 bridgehead atoms. The van der Waals surface area contributed by atoms with Crippen LogP contribution in [-0.2, 0) is 6.54 Å². The van der Waals surface area contributed by atoms with Crippen molar-refractivity contribution in [2.24, 2.45) is 0 Å². The monoisotopic (exact) mass is 257 g/mol. The molecule has 2 heterocycles. The van der Waals surface area contributed by atoms with Crippen LogP contribution >= 0.6 is 0 Å². The Morgan fingerprint density at radius 1 is 1.26 bits per heavy atom. The lowest BCUT2D eigenvalue weighted by Gasteiger charge is -2.21. The van der Waals surface area contributed by atoms with Gasteiger partial charge in [-0.2, -0.15) is 0 Å². The number of aliphatic hydroxyl groups is 1. The lowest BCUT2D eigenvalue weighted by molar-refractivity contribution is 0.199. The Morgan fingerprint density at radius 3 is 2.74 bits per heavy atom. The minimum absolute atomic E-state index is 0.531. The Balaban J connectivity index is 2.23. The fraction of sp³-hybridized carbons (Fsp3) is 0.333. The predicted octanol–water partition coefficient (Wildman–Crippen LogP) is 2.47. The van der Waals surface area contributed by atoms with E-state index in [-0.39, 0.29) is 0 Å². The zero-order valence-corrected chi connectivity index (χ0v) is 11.5. The molecule has 4 heteroatoms. The average molecular weight is 257 g/mol. The van der Waals surface area contributed by atoms with E-state index in [1.165, 1.54) is 0 Å². The smallest absolute Gasteiger partial charge is 0.134 e. The van der Waals surface area contributed by atoms with E-state index in [4.69, 9.17) is 0 Å². The van der Waals surface area contributed by atoms with Gasteiger partial charge in [-0.1, -0.05) is 12.1 Å². The van der Waals surface area contributed by atoms with Crippen LogP contribution < -0.4 is 4.90 Å². The Morgan fingerprint density at radius 2 is 2.05 bits per heavy atom. The van der Waals surface area contributed by atoms with E-state index < -0.39 is 6.10 Å². The lowest BCUT2D eigenvalue weighted by atomic mass is 10.1. The zero-order chi connectivity index (χ0) is 13.8. The lowest BCUT2D eigenvalue weighted by Crippen LogP contribution is -2.20. The van der Waals surface area contributed by atoms with Crippen LogP contribution in [0.1, 0.15) is 30.0 Å². The van der Waals surface area contributed by atoms with Crippen molar-refractivity contribution in [1.29, 1.82) is 0 Å². The predicted molar refractivity (Wildman–Crippen MR) is 76.0 cm³/mol. The molecule has 0 spiro atoms. The third kappa shape index (κ3) is 3.29. The van der Waals surface area contributed by atoms with Gasteiger partial charge in [0.2, 0.25) is 0 Å². The molecule has 19 heavy (non-hydrogen) atoms. The van der Waals surface area contributed by atoms with Crippen molar-refractivity contribution in [1.82, 2.24) is 9.97 Å². The highest BCUT2D eigenvalue weighted by Crippen LogP contribution is 2.23. The summed E-state index contributed by atoms with van der Waals surface area (Å²) < 4.78 is 0. The van der Waals surface area contributed by atoms with Crippen LogP contribution in [0, 0.1) is 6.92 Å². The first-order valence-electron chi connectivity index (χ1n) is 6.34. The second-order valence-electron chi connectivity index (χ2n) is 4.72. The summed E-state index contributed by atoms with van der Waals surface area (Å²) >= 11 is 0. The van der Waals surface area contributed by atoms with Gasteiger partial charge in [-0.15, -0.1) is 0 Å². The molecule has 2 aromatic heterocycles. The standard InChI is InChI=1S/C15H19N3O/c1-11-6-4-7-13(17-11)10-18(3)15-14(12(2)19)8-5-9-16-15/h4-9,12,19H,10H2,1-3H3/t12-/m0/s1. The molecule has 0 radical (unpaired) electrons. The van der Waals surface area contributed by atoms with Crippen molar-refractivity contribution in [3.05, 3.63) is 53.5 Å². The maximum atomic E-state index is 9.78. The number of anilines is 1. The molecular formula is C15H19N3O. The van der Waals surface area contributed by atoms with Crippen LogP contribution in [0.15, 0.2) is 36.5 Å². The van der Waals surface area contributed by atoms with E-state index in [2.05, 4.69) is 9.97 Å². The second kappa shape index (κ2) is 5.80. The van der Waals surface area contributed by atoms with Crippen molar-refractivity contribution in [2.75, 3.05) is 11.9 Å². The van der Waals surface area contributed by atoms with E-state index >= 15 is 0 Å². The third-order valence-corrected chi connectivity index (χ3v) is 2.97. The fourth-order valence-corrected chi connectivity index (χ4v) is 2.06. The van der Waals surface area contributed by atoms with Gasteiger partial charge in [0.15, 0.2) is 0 Å². The Hall–Kier alpha value is -1.94. The van der Waals surface area contributed by atoms with Gasteiger partial charge in [-0.05, 0) is 32.0 Å². The summed E-state index contributed by atoms with van der Waals surface area (Å²) in [6, 6.07) is 9.71. The van der Waals surface area contributed by atoms with Crippen LogP contribution in [0.2, 0.25) is 0 Å². The molecule has 0 amide bonds. The Bertz CT molecular complexity index is 555. The number of pyridine rings is 2. The van der Waals surface area contributed by atoms with Gasteiger partial charge in [0.1, 0.15) is 5.82 Å². The molecule has 0 aromatic carbocycles. The molecule has 0 saturated heterocycles. The van der Waals surface area contributed by atoms with Crippen LogP contribution in [0.25, 0.3) is 0 Å². The molecule has 1 N–H and O–H groups in total.